The summed E-state index contributed by atoms with van der Waals surface area (Å²) in [5.41, 5.74) is -0.157. The number of rotatable bonds is 7. The summed E-state index contributed by atoms with van der Waals surface area (Å²) in [7, 11) is -4.10. The lowest BCUT2D eigenvalue weighted by Crippen LogP contribution is -2.26. The number of amides is 1. The van der Waals surface area contributed by atoms with Crippen molar-refractivity contribution in [3.8, 4) is 0 Å². The molecule has 31 heavy (non-hydrogen) atoms. The maximum atomic E-state index is 14.1. The van der Waals surface area contributed by atoms with E-state index in [1.54, 1.807) is 6.07 Å². The molecule has 3 aromatic carbocycles. The Bertz CT molecular complexity index is 1230. The SMILES string of the molecule is O=C(Nc1ccc(F)c(F)c1)c1cc(S(=O)(=O)NCCc2cccc(F)c2)ccc1F. The molecule has 162 valence electrons. The van der Waals surface area contributed by atoms with Gasteiger partial charge in [-0.2, -0.15) is 0 Å². The Balaban J connectivity index is 1.73. The second-order valence-corrected chi connectivity index (χ2v) is 8.27. The van der Waals surface area contributed by atoms with Crippen LogP contribution in [0.5, 0.6) is 0 Å². The van der Waals surface area contributed by atoms with Gasteiger partial charge in [0.05, 0.1) is 10.5 Å². The number of sulfonamides is 1. The van der Waals surface area contributed by atoms with Crippen LogP contribution in [0.25, 0.3) is 0 Å². The molecule has 0 radical (unpaired) electrons. The molecular weight excluding hydrogens is 436 g/mol. The van der Waals surface area contributed by atoms with Gasteiger partial charge in [-0.05, 0) is 54.4 Å². The third-order valence-corrected chi connectivity index (χ3v) is 5.72. The number of carbonyl (C=O) groups is 1. The summed E-state index contributed by atoms with van der Waals surface area (Å²) < 4.78 is 80.9. The molecule has 0 heterocycles. The van der Waals surface area contributed by atoms with Crippen LogP contribution in [0, 0.1) is 23.3 Å². The van der Waals surface area contributed by atoms with Crippen LogP contribution >= 0.6 is 0 Å². The van der Waals surface area contributed by atoms with Crippen molar-refractivity contribution in [3.05, 3.63) is 95.1 Å². The van der Waals surface area contributed by atoms with Gasteiger partial charge in [0.2, 0.25) is 10.0 Å². The zero-order chi connectivity index (χ0) is 22.6. The van der Waals surface area contributed by atoms with E-state index in [4.69, 9.17) is 0 Å². The van der Waals surface area contributed by atoms with Gasteiger partial charge in [-0.1, -0.05) is 12.1 Å². The van der Waals surface area contributed by atoms with Crippen molar-refractivity contribution < 1.29 is 30.8 Å². The van der Waals surface area contributed by atoms with Gasteiger partial charge in [-0.15, -0.1) is 0 Å². The van der Waals surface area contributed by atoms with Gasteiger partial charge >= 0.3 is 0 Å². The lowest BCUT2D eigenvalue weighted by Gasteiger charge is -2.10. The molecule has 0 aromatic heterocycles. The highest BCUT2D eigenvalue weighted by Crippen LogP contribution is 2.19. The van der Waals surface area contributed by atoms with Gasteiger partial charge in [0.1, 0.15) is 11.6 Å². The van der Waals surface area contributed by atoms with E-state index in [0.29, 0.717) is 11.6 Å². The predicted molar refractivity (Wildman–Crippen MR) is 106 cm³/mol. The fourth-order valence-electron chi connectivity index (χ4n) is 2.72. The average Bonchev–Trinajstić information content (AvgIpc) is 2.71. The Morgan fingerprint density at radius 1 is 0.839 bits per heavy atom. The van der Waals surface area contributed by atoms with Gasteiger partial charge in [-0.3, -0.25) is 4.79 Å². The Labute approximate surface area is 175 Å². The number of halogens is 4. The summed E-state index contributed by atoms with van der Waals surface area (Å²) in [4.78, 5) is 12.0. The molecule has 2 N–H and O–H groups in total. The fourth-order valence-corrected chi connectivity index (χ4v) is 3.78. The first-order chi connectivity index (χ1) is 14.7. The van der Waals surface area contributed by atoms with Crippen molar-refractivity contribution in [1.29, 1.82) is 0 Å². The topological polar surface area (TPSA) is 75.3 Å². The van der Waals surface area contributed by atoms with Gasteiger partial charge in [0.15, 0.2) is 11.6 Å². The third-order valence-electron chi connectivity index (χ3n) is 4.27. The quantitative estimate of drug-likeness (QED) is 0.532. The van der Waals surface area contributed by atoms with E-state index in [-0.39, 0.29) is 23.5 Å². The molecule has 0 saturated heterocycles. The van der Waals surface area contributed by atoms with Crippen LogP contribution in [0.15, 0.2) is 65.6 Å². The first kappa shape index (κ1) is 22.4. The van der Waals surface area contributed by atoms with Gasteiger partial charge in [-0.25, -0.2) is 30.7 Å². The minimum atomic E-state index is -4.10. The molecule has 1 amide bonds. The van der Waals surface area contributed by atoms with Crippen molar-refractivity contribution in [2.24, 2.45) is 0 Å². The van der Waals surface area contributed by atoms with Crippen LogP contribution in [-0.4, -0.2) is 20.9 Å². The van der Waals surface area contributed by atoms with Crippen LogP contribution in [0.1, 0.15) is 15.9 Å². The second-order valence-electron chi connectivity index (χ2n) is 6.50. The molecule has 0 aliphatic heterocycles. The standard InChI is InChI=1S/C21H16F4N2O3S/c22-14-3-1-2-13(10-14)8-9-26-31(29,30)16-5-7-18(23)17(12-16)21(28)27-15-4-6-19(24)20(25)11-15/h1-7,10-12,26H,8-9H2,(H,27,28). The molecule has 0 fully saturated rings. The Morgan fingerprint density at radius 3 is 2.29 bits per heavy atom. The van der Waals surface area contributed by atoms with E-state index in [9.17, 15) is 30.8 Å². The lowest BCUT2D eigenvalue weighted by atomic mass is 10.1. The maximum Gasteiger partial charge on any atom is 0.258 e. The minimum absolute atomic E-state index is 0.0560. The zero-order valence-corrected chi connectivity index (χ0v) is 16.6. The largest absolute Gasteiger partial charge is 0.322 e. The van der Waals surface area contributed by atoms with Gasteiger partial charge < -0.3 is 5.32 Å². The fraction of sp³-hybridized carbons (Fsp3) is 0.0952. The van der Waals surface area contributed by atoms with Gasteiger partial charge in [0, 0.05) is 18.3 Å². The molecule has 0 spiro atoms. The highest BCUT2D eigenvalue weighted by molar-refractivity contribution is 7.89. The van der Waals surface area contributed by atoms with E-state index in [1.165, 1.54) is 18.2 Å². The summed E-state index contributed by atoms with van der Waals surface area (Å²) in [5.74, 6) is -4.83. The van der Waals surface area contributed by atoms with Crippen molar-refractivity contribution in [2.45, 2.75) is 11.3 Å². The number of hydrogen-bond acceptors (Lipinski definition) is 3. The lowest BCUT2D eigenvalue weighted by molar-refractivity contribution is 0.102. The van der Waals surface area contributed by atoms with Crippen molar-refractivity contribution in [3.63, 3.8) is 0 Å². The molecular formula is C21H16F4N2O3S. The summed E-state index contributed by atoms with van der Waals surface area (Å²) in [6.45, 7) is -0.0560. The zero-order valence-electron chi connectivity index (χ0n) is 15.8. The Morgan fingerprint density at radius 2 is 1.58 bits per heavy atom. The molecule has 0 aliphatic carbocycles. The summed E-state index contributed by atoms with van der Waals surface area (Å²) in [6.07, 6.45) is 0.210. The van der Waals surface area contributed by atoms with Crippen LogP contribution in [-0.2, 0) is 16.4 Å². The molecule has 0 bridgehead atoms. The van der Waals surface area contributed by atoms with Crippen molar-refractivity contribution in [1.82, 2.24) is 4.72 Å². The smallest absolute Gasteiger partial charge is 0.258 e. The summed E-state index contributed by atoms with van der Waals surface area (Å²) in [5, 5.41) is 2.18. The molecule has 0 saturated carbocycles. The second kappa shape index (κ2) is 9.27. The molecule has 0 atom stereocenters. The monoisotopic (exact) mass is 452 g/mol. The number of anilines is 1. The number of nitrogens with one attached hydrogen (secondary N) is 2. The molecule has 3 rings (SSSR count). The third kappa shape index (κ3) is 5.68. The van der Waals surface area contributed by atoms with E-state index >= 15 is 0 Å². The van der Waals surface area contributed by atoms with Crippen LogP contribution in [0.4, 0.5) is 23.2 Å². The molecule has 10 heteroatoms. The molecule has 3 aromatic rings. The van der Waals surface area contributed by atoms with Crippen LogP contribution < -0.4 is 10.0 Å². The van der Waals surface area contributed by atoms with E-state index < -0.39 is 44.8 Å². The maximum absolute atomic E-state index is 14.1. The average molecular weight is 452 g/mol. The highest BCUT2D eigenvalue weighted by Gasteiger charge is 2.20. The molecule has 0 unspecified atom stereocenters. The van der Waals surface area contributed by atoms with E-state index in [2.05, 4.69) is 10.0 Å². The number of benzene rings is 3. The van der Waals surface area contributed by atoms with E-state index in [1.807, 2.05) is 0 Å². The molecule has 5 nitrogen and oxygen atoms in total. The summed E-state index contributed by atoms with van der Waals surface area (Å²) >= 11 is 0. The van der Waals surface area contributed by atoms with E-state index in [0.717, 1.165) is 30.3 Å². The Kier molecular flexibility index (Phi) is 6.71. The Hall–Kier alpha value is -3.24. The predicted octanol–water partition coefficient (Wildman–Crippen LogP) is 4.02. The van der Waals surface area contributed by atoms with Crippen LogP contribution in [0.3, 0.4) is 0 Å². The highest BCUT2D eigenvalue weighted by atomic mass is 32.2. The minimum Gasteiger partial charge on any atom is -0.322 e. The van der Waals surface area contributed by atoms with Crippen molar-refractivity contribution >= 4 is 21.6 Å². The number of hydrogen-bond donors (Lipinski definition) is 2. The first-order valence-electron chi connectivity index (χ1n) is 8.96. The summed E-state index contributed by atoms with van der Waals surface area (Å²) in [6, 6.07) is 10.8. The first-order valence-corrected chi connectivity index (χ1v) is 10.4. The molecule has 0 aliphatic rings. The van der Waals surface area contributed by atoms with Crippen LogP contribution in [0.2, 0.25) is 0 Å². The normalized spacial score (nSPS) is 11.4. The van der Waals surface area contributed by atoms with Gasteiger partial charge in [0.25, 0.3) is 5.91 Å². The number of carbonyl (C=O) groups excluding carboxylic acids is 1. The van der Waals surface area contributed by atoms with Crippen molar-refractivity contribution in [2.75, 3.05) is 11.9 Å².